The molecule has 37 heavy (non-hydrogen) atoms. The highest BCUT2D eigenvalue weighted by atomic mass is 32.2. The van der Waals surface area contributed by atoms with Gasteiger partial charge in [0.2, 0.25) is 5.78 Å². The predicted octanol–water partition coefficient (Wildman–Crippen LogP) is 4.69. The zero-order valence-corrected chi connectivity index (χ0v) is 20.8. The molecule has 0 spiro atoms. The Labute approximate surface area is 212 Å². The van der Waals surface area contributed by atoms with Crippen LogP contribution >= 0.6 is 0 Å². The quantitative estimate of drug-likeness (QED) is 0.141. The van der Waals surface area contributed by atoms with Gasteiger partial charge >= 0.3 is 6.09 Å². The summed E-state index contributed by atoms with van der Waals surface area (Å²) in [5.41, 5.74) is 2.46. The zero-order valence-electron chi connectivity index (χ0n) is 20.0. The van der Waals surface area contributed by atoms with Crippen LogP contribution in [-0.2, 0) is 21.2 Å². The minimum Gasteiger partial charge on any atom is -0.341 e. The van der Waals surface area contributed by atoms with Gasteiger partial charge in [-0.15, -0.1) is 0 Å². The molecule has 2 aromatic heterocycles. The van der Waals surface area contributed by atoms with Gasteiger partial charge in [-0.2, -0.15) is 0 Å². The van der Waals surface area contributed by atoms with Crippen LogP contribution in [0.25, 0.3) is 21.8 Å². The molecule has 0 aliphatic heterocycles. The molecule has 3 aromatic carbocycles. The molecule has 0 saturated heterocycles. The number of carbonyl (C=O) groups is 2. The van der Waals surface area contributed by atoms with Crippen molar-refractivity contribution in [3.8, 4) is 0 Å². The topological polar surface area (TPSA) is 113 Å². The number of carbonyl (C=O) groups excluding carboxylic acids is 2. The lowest BCUT2D eigenvalue weighted by molar-refractivity contribution is 0.105. The van der Waals surface area contributed by atoms with Crippen LogP contribution < -0.4 is 0 Å². The summed E-state index contributed by atoms with van der Waals surface area (Å²) in [6.45, 7) is 2.66. The molecule has 0 aliphatic carbocycles. The molecule has 5 aromatic rings. The van der Waals surface area contributed by atoms with E-state index in [4.69, 9.17) is 4.84 Å². The smallest absolute Gasteiger partial charge is 0.341 e. The molecule has 0 saturated carbocycles. The summed E-state index contributed by atoms with van der Waals surface area (Å²) < 4.78 is 27.6. The summed E-state index contributed by atoms with van der Waals surface area (Å²) in [7, 11) is -3.42. The molecule has 5 rings (SSSR count). The van der Waals surface area contributed by atoms with Crippen LogP contribution in [0.4, 0.5) is 4.79 Å². The van der Waals surface area contributed by atoms with Gasteiger partial charge in [-0.25, -0.2) is 22.8 Å². The maximum Gasteiger partial charge on any atom is 0.445 e. The van der Waals surface area contributed by atoms with Crippen molar-refractivity contribution >= 4 is 49.2 Å². The van der Waals surface area contributed by atoms with Crippen molar-refractivity contribution in [2.45, 2.75) is 18.4 Å². The summed E-state index contributed by atoms with van der Waals surface area (Å²) in [5.74, 6) is -0.455. The van der Waals surface area contributed by atoms with Crippen molar-refractivity contribution in [3.05, 3.63) is 96.6 Å². The van der Waals surface area contributed by atoms with Crippen LogP contribution in [-0.4, -0.2) is 46.4 Å². The van der Waals surface area contributed by atoms with Gasteiger partial charge < -0.3 is 4.57 Å². The van der Waals surface area contributed by atoms with E-state index in [1.165, 1.54) is 18.7 Å². The highest BCUT2D eigenvalue weighted by molar-refractivity contribution is 7.90. The van der Waals surface area contributed by atoms with E-state index >= 15 is 0 Å². The number of fused-ring (bicyclic) bond motifs is 3. The van der Waals surface area contributed by atoms with Crippen molar-refractivity contribution in [1.29, 1.82) is 0 Å². The average molecular weight is 515 g/mol. The molecule has 10 heteroatoms. The molecule has 0 unspecified atom stereocenters. The highest BCUT2D eigenvalue weighted by Crippen LogP contribution is 2.32. The minimum absolute atomic E-state index is 0.0514. The number of Topliss-reactive ketones (excluding diaryl/α,β-unsaturated/α-hetero) is 1. The monoisotopic (exact) mass is 514 g/mol. The minimum atomic E-state index is -3.42. The fourth-order valence-electron chi connectivity index (χ4n) is 4.25. The third-order valence-electron chi connectivity index (χ3n) is 6.04. The second kappa shape index (κ2) is 9.47. The van der Waals surface area contributed by atoms with Crippen LogP contribution in [0.15, 0.2) is 95.5 Å². The Morgan fingerprint density at radius 1 is 0.946 bits per heavy atom. The van der Waals surface area contributed by atoms with Crippen molar-refractivity contribution in [2.24, 2.45) is 5.16 Å². The SMILES string of the molecule is CCn1c2ccc(C(=O)C(=NOC(=O)n3ccnc3)c3ccccc3)cc2c2cc(S(C)(=O)=O)ccc21. The van der Waals surface area contributed by atoms with E-state index in [1.807, 2.05) is 13.0 Å². The number of ketones is 1. The Balaban J connectivity index is 1.63. The molecule has 0 bridgehead atoms. The Morgan fingerprint density at radius 2 is 1.65 bits per heavy atom. The van der Waals surface area contributed by atoms with Crippen LogP contribution in [0.1, 0.15) is 22.8 Å². The summed E-state index contributed by atoms with van der Waals surface area (Å²) >= 11 is 0. The van der Waals surface area contributed by atoms with Crippen molar-refractivity contribution in [1.82, 2.24) is 14.1 Å². The molecular formula is C27H22N4O5S. The first kappa shape index (κ1) is 24.1. The largest absolute Gasteiger partial charge is 0.445 e. The summed E-state index contributed by atoms with van der Waals surface area (Å²) in [6, 6.07) is 18.9. The fraction of sp³-hybridized carbons (Fsp3) is 0.111. The second-order valence-electron chi connectivity index (χ2n) is 8.39. The number of oxime groups is 1. The van der Waals surface area contributed by atoms with Crippen LogP contribution in [0.2, 0.25) is 0 Å². The van der Waals surface area contributed by atoms with Crippen molar-refractivity contribution in [3.63, 3.8) is 0 Å². The van der Waals surface area contributed by atoms with Crippen molar-refractivity contribution < 1.29 is 22.8 Å². The lowest BCUT2D eigenvalue weighted by Gasteiger charge is -2.07. The molecule has 2 heterocycles. The molecule has 0 N–H and O–H groups in total. The Hall–Kier alpha value is -4.57. The summed E-state index contributed by atoms with van der Waals surface area (Å²) in [4.78, 5) is 35.0. The fourth-order valence-corrected chi connectivity index (χ4v) is 4.90. The normalized spacial score (nSPS) is 12.2. The van der Waals surface area contributed by atoms with E-state index in [-0.39, 0.29) is 10.6 Å². The third-order valence-corrected chi connectivity index (χ3v) is 7.15. The second-order valence-corrected chi connectivity index (χ2v) is 10.4. The number of hydrogen-bond acceptors (Lipinski definition) is 7. The van der Waals surface area contributed by atoms with E-state index in [1.54, 1.807) is 60.7 Å². The first-order valence-electron chi connectivity index (χ1n) is 11.4. The average Bonchev–Trinajstić information content (AvgIpc) is 3.54. The molecule has 186 valence electrons. The molecule has 0 atom stereocenters. The zero-order chi connectivity index (χ0) is 26.2. The molecule has 0 radical (unpaired) electrons. The number of rotatable bonds is 6. The molecule has 0 aliphatic rings. The molecule has 0 fully saturated rings. The number of imidazole rings is 1. The lowest BCUT2D eigenvalue weighted by Crippen LogP contribution is -2.18. The first-order chi connectivity index (χ1) is 17.8. The van der Waals surface area contributed by atoms with E-state index in [9.17, 15) is 18.0 Å². The molecule has 9 nitrogen and oxygen atoms in total. The number of sulfone groups is 1. The van der Waals surface area contributed by atoms with Crippen LogP contribution in [0, 0.1) is 0 Å². The number of benzene rings is 3. The number of nitrogens with zero attached hydrogens (tertiary/aromatic N) is 4. The van der Waals surface area contributed by atoms with Crippen LogP contribution in [0.5, 0.6) is 0 Å². The Morgan fingerprint density at radius 3 is 2.30 bits per heavy atom. The van der Waals surface area contributed by atoms with Gasteiger partial charge in [0.1, 0.15) is 6.33 Å². The molecular weight excluding hydrogens is 492 g/mol. The van der Waals surface area contributed by atoms with Gasteiger partial charge in [-0.3, -0.25) is 9.63 Å². The first-order valence-corrected chi connectivity index (χ1v) is 13.3. The van der Waals surface area contributed by atoms with Gasteiger partial charge in [0.15, 0.2) is 15.5 Å². The summed E-state index contributed by atoms with van der Waals surface area (Å²) in [5, 5.41) is 5.37. The predicted molar refractivity (Wildman–Crippen MR) is 140 cm³/mol. The maximum absolute atomic E-state index is 13.7. The van der Waals surface area contributed by atoms with E-state index in [2.05, 4.69) is 14.7 Å². The lowest BCUT2D eigenvalue weighted by atomic mass is 9.99. The summed E-state index contributed by atoms with van der Waals surface area (Å²) in [6.07, 6.45) is 4.45. The van der Waals surface area contributed by atoms with Crippen LogP contribution in [0.3, 0.4) is 0 Å². The van der Waals surface area contributed by atoms with Gasteiger partial charge in [0, 0.05) is 58.1 Å². The number of aromatic nitrogens is 3. The third kappa shape index (κ3) is 4.54. The van der Waals surface area contributed by atoms with Gasteiger partial charge in [0.25, 0.3) is 0 Å². The van der Waals surface area contributed by atoms with E-state index in [0.29, 0.717) is 17.7 Å². The van der Waals surface area contributed by atoms with Gasteiger partial charge in [-0.05, 0) is 43.3 Å². The Kier molecular flexibility index (Phi) is 6.18. The number of aryl methyl sites for hydroxylation is 1. The number of hydrogen-bond donors (Lipinski definition) is 0. The van der Waals surface area contributed by atoms with Crippen molar-refractivity contribution in [2.75, 3.05) is 6.26 Å². The maximum atomic E-state index is 13.7. The Bertz CT molecular complexity index is 1790. The highest BCUT2D eigenvalue weighted by Gasteiger charge is 2.21. The van der Waals surface area contributed by atoms with Gasteiger partial charge in [0.05, 0.1) is 4.90 Å². The standard InChI is InChI=1S/C27H22N4O5S/c1-3-31-23-11-9-19(15-21(23)22-16-20(37(2,34)35)10-12-24(22)31)26(32)25(18-7-5-4-6-8-18)29-36-27(33)30-14-13-28-17-30/h4-17H,3H2,1-2H3. The van der Waals surface area contributed by atoms with E-state index < -0.39 is 21.7 Å². The van der Waals surface area contributed by atoms with E-state index in [0.717, 1.165) is 32.6 Å². The molecule has 0 amide bonds. The van der Waals surface area contributed by atoms with Gasteiger partial charge in [-0.1, -0.05) is 35.5 Å².